The summed E-state index contributed by atoms with van der Waals surface area (Å²) >= 11 is 0. The summed E-state index contributed by atoms with van der Waals surface area (Å²) in [5.74, 6) is 0.274. The van der Waals surface area contributed by atoms with E-state index < -0.39 is 10.0 Å². The summed E-state index contributed by atoms with van der Waals surface area (Å²) in [6, 6.07) is 10.1. The zero-order valence-corrected chi connectivity index (χ0v) is 19.0. The topological polar surface area (TPSA) is 49.4 Å². The van der Waals surface area contributed by atoms with Crippen molar-refractivity contribution in [2.75, 3.05) is 25.4 Å². The fraction of sp³-hybridized carbons (Fsp3) is 0.520. The first-order valence-corrected chi connectivity index (χ1v) is 13.3. The molecule has 0 bridgehead atoms. The molecule has 1 heterocycles. The van der Waals surface area contributed by atoms with Crippen molar-refractivity contribution in [3.8, 4) is 0 Å². The summed E-state index contributed by atoms with van der Waals surface area (Å²) in [5, 5.41) is 0. The predicted octanol–water partition coefficient (Wildman–Crippen LogP) is 4.00. The van der Waals surface area contributed by atoms with Gasteiger partial charge in [-0.25, -0.2) is 21.9 Å². The highest BCUT2D eigenvalue weighted by atomic mass is 32.2. The van der Waals surface area contributed by atoms with Gasteiger partial charge in [0.2, 0.25) is 10.0 Å². The highest BCUT2D eigenvalue weighted by Gasteiger charge is 2.35. The van der Waals surface area contributed by atoms with Gasteiger partial charge < -0.3 is 4.90 Å². The van der Waals surface area contributed by atoms with Crippen LogP contribution in [0.5, 0.6) is 0 Å². The number of sulfonamides is 1. The van der Waals surface area contributed by atoms with E-state index in [-0.39, 0.29) is 35.8 Å². The lowest BCUT2D eigenvalue weighted by molar-refractivity contribution is 0.145. The van der Waals surface area contributed by atoms with Crippen LogP contribution < -0.4 is 4.72 Å². The molecule has 2 fully saturated rings. The Labute approximate surface area is 189 Å². The van der Waals surface area contributed by atoms with Gasteiger partial charge in [0.1, 0.15) is 11.6 Å². The third-order valence-electron chi connectivity index (χ3n) is 7.18. The highest BCUT2D eigenvalue weighted by Crippen LogP contribution is 2.42. The molecule has 0 aromatic heterocycles. The molecular formula is C25H30F2N2O2S. The van der Waals surface area contributed by atoms with E-state index in [0.29, 0.717) is 17.9 Å². The second-order valence-electron chi connectivity index (χ2n) is 9.75. The molecule has 0 radical (unpaired) electrons. The van der Waals surface area contributed by atoms with Crippen molar-refractivity contribution >= 4 is 10.0 Å². The molecular weight excluding hydrogens is 430 g/mol. The van der Waals surface area contributed by atoms with Gasteiger partial charge in [0.05, 0.1) is 5.75 Å². The average Bonchev–Trinajstić information content (AvgIpc) is 3.44. The summed E-state index contributed by atoms with van der Waals surface area (Å²) in [6.45, 7) is 3.13. The number of nitrogens with one attached hydrogen (secondary N) is 1. The number of fused-ring (bicyclic) bond motifs is 1. The summed E-state index contributed by atoms with van der Waals surface area (Å²) < 4.78 is 55.8. The average molecular weight is 461 g/mol. The molecule has 3 aliphatic rings. The Bertz CT molecular complexity index is 1100. The Morgan fingerprint density at radius 3 is 2.59 bits per heavy atom. The molecule has 2 unspecified atom stereocenters. The SMILES string of the molecule is O=S(=O)(CC1CC1)NCc1cc2c(cc1F)CC(CN1CCC1)C2Cc1cccc(F)c1. The Morgan fingerprint density at radius 1 is 1.09 bits per heavy atom. The van der Waals surface area contributed by atoms with Gasteiger partial charge >= 0.3 is 0 Å². The van der Waals surface area contributed by atoms with Crippen LogP contribution in [0.1, 0.15) is 47.4 Å². The zero-order valence-electron chi connectivity index (χ0n) is 18.2. The summed E-state index contributed by atoms with van der Waals surface area (Å²) in [7, 11) is -3.40. The Hall–Kier alpha value is -1.83. The molecule has 5 rings (SSSR count). The van der Waals surface area contributed by atoms with E-state index in [1.165, 1.54) is 12.5 Å². The van der Waals surface area contributed by atoms with E-state index in [2.05, 4.69) is 9.62 Å². The second kappa shape index (κ2) is 8.84. The van der Waals surface area contributed by atoms with Crippen molar-refractivity contribution in [1.29, 1.82) is 0 Å². The monoisotopic (exact) mass is 460 g/mol. The predicted molar refractivity (Wildman–Crippen MR) is 121 cm³/mol. The minimum Gasteiger partial charge on any atom is -0.303 e. The second-order valence-corrected chi connectivity index (χ2v) is 11.6. The van der Waals surface area contributed by atoms with Gasteiger partial charge in [0, 0.05) is 18.7 Å². The molecule has 172 valence electrons. The van der Waals surface area contributed by atoms with Crippen molar-refractivity contribution in [2.45, 2.75) is 44.6 Å². The van der Waals surface area contributed by atoms with Crippen molar-refractivity contribution < 1.29 is 17.2 Å². The van der Waals surface area contributed by atoms with Crippen LogP contribution in [0.3, 0.4) is 0 Å². The minimum atomic E-state index is -3.40. The Kier molecular flexibility index (Phi) is 6.07. The molecule has 1 saturated heterocycles. The van der Waals surface area contributed by atoms with E-state index in [0.717, 1.165) is 55.6 Å². The van der Waals surface area contributed by atoms with E-state index in [1.54, 1.807) is 18.2 Å². The van der Waals surface area contributed by atoms with Gasteiger partial charge in [-0.15, -0.1) is 0 Å². The van der Waals surface area contributed by atoms with Gasteiger partial charge in [-0.2, -0.15) is 0 Å². The summed E-state index contributed by atoms with van der Waals surface area (Å²) in [4.78, 5) is 2.43. The third kappa shape index (κ3) is 5.05. The lowest BCUT2D eigenvalue weighted by Gasteiger charge is -2.35. The number of benzene rings is 2. The van der Waals surface area contributed by atoms with Crippen LogP contribution in [0.25, 0.3) is 0 Å². The van der Waals surface area contributed by atoms with E-state index in [4.69, 9.17) is 0 Å². The number of halogens is 2. The van der Waals surface area contributed by atoms with Crippen molar-refractivity contribution in [3.05, 3.63) is 70.3 Å². The van der Waals surface area contributed by atoms with Gasteiger partial charge in [-0.3, -0.25) is 0 Å². The first-order valence-electron chi connectivity index (χ1n) is 11.6. The summed E-state index contributed by atoms with van der Waals surface area (Å²) in [6.07, 6.45) is 4.62. The molecule has 2 aromatic rings. The molecule has 0 spiro atoms. The molecule has 2 aromatic carbocycles. The zero-order chi connectivity index (χ0) is 22.3. The molecule has 2 atom stereocenters. The quantitative estimate of drug-likeness (QED) is 0.616. The molecule has 1 N–H and O–H groups in total. The van der Waals surface area contributed by atoms with Crippen LogP contribution in [0.4, 0.5) is 8.78 Å². The van der Waals surface area contributed by atoms with Gasteiger partial charge in [-0.1, -0.05) is 18.2 Å². The van der Waals surface area contributed by atoms with E-state index >= 15 is 0 Å². The van der Waals surface area contributed by atoms with Crippen LogP contribution in [-0.4, -0.2) is 38.7 Å². The Balaban J connectivity index is 1.38. The maximum absolute atomic E-state index is 14.9. The van der Waals surface area contributed by atoms with E-state index in [9.17, 15) is 17.2 Å². The van der Waals surface area contributed by atoms with Crippen molar-refractivity contribution in [2.24, 2.45) is 11.8 Å². The standard InChI is InChI=1S/C25H30F2N2O2S/c26-22-4-1-3-18(9-22)10-23-21(15-29-7-2-8-29)11-19-13-25(27)20(12-24(19)23)14-28-32(30,31)16-17-5-6-17/h1,3-4,9,12-13,17,21,23,28H,2,5-8,10-11,14-16H2. The number of nitrogens with zero attached hydrogens (tertiary/aromatic N) is 1. The van der Waals surface area contributed by atoms with Crippen LogP contribution >= 0.6 is 0 Å². The number of hydrogen-bond donors (Lipinski definition) is 1. The molecule has 2 aliphatic carbocycles. The molecule has 0 amide bonds. The Morgan fingerprint density at radius 2 is 1.91 bits per heavy atom. The number of likely N-dealkylation sites (tertiary alicyclic amines) is 1. The minimum absolute atomic E-state index is 0.0301. The molecule has 1 aliphatic heterocycles. The first-order chi connectivity index (χ1) is 15.4. The van der Waals surface area contributed by atoms with Gasteiger partial charge in [0.15, 0.2) is 0 Å². The third-order valence-corrected chi connectivity index (χ3v) is 8.67. The van der Waals surface area contributed by atoms with Crippen LogP contribution in [0.2, 0.25) is 0 Å². The number of rotatable bonds is 9. The fourth-order valence-electron chi connectivity index (χ4n) is 5.14. The molecule has 7 heteroatoms. The first kappa shape index (κ1) is 22.0. The molecule has 32 heavy (non-hydrogen) atoms. The number of hydrogen-bond acceptors (Lipinski definition) is 3. The lowest BCUT2D eigenvalue weighted by Crippen LogP contribution is -2.41. The van der Waals surface area contributed by atoms with Gasteiger partial charge in [-0.05, 0) is 97.8 Å². The normalized spacial score (nSPS) is 23.2. The van der Waals surface area contributed by atoms with Gasteiger partial charge in [0.25, 0.3) is 0 Å². The fourth-order valence-corrected chi connectivity index (χ4v) is 6.59. The van der Waals surface area contributed by atoms with E-state index in [1.807, 2.05) is 12.1 Å². The lowest BCUT2D eigenvalue weighted by atomic mass is 9.85. The van der Waals surface area contributed by atoms with Crippen LogP contribution in [-0.2, 0) is 29.4 Å². The smallest absolute Gasteiger partial charge is 0.212 e. The maximum Gasteiger partial charge on any atom is 0.212 e. The molecule has 4 nitrogen and oxygen atoms in total. The van der Waals surface area contributed by atoms with Crippen LogP contribution in [0, 0.1) is 23.5 Å². The summed E-state index contributed by atoms with van der Waals surface area (Å²) in [5.41, 5.74) is 3.40. The van der Waals surface area contributed by atoms with Crippen LogP contribution in [0.15, 0.2) is 36.4 Å². The highest BCUT2D eigenvalue weighted by molar-refractivity contribution is 7.89. The van der Waals surface area contributed by atoms with Crippen molar-refractivity contribution in [1.82, 2.24) is 9.62 Å². The maximum atomic E-state index is 14.9. The largest absolute Gasteiger partial charge is 0.303 e. The van der Waals surface area contributed by atoms with Crippen molar-refractivity contribution in [3.63, 3.8) is 0 Å². The molecule has 1 saturated carbocycles.